The van der Waals surface area contributed by atoms with E-state index in [1.54, 1.807) is 0 Å². The molecule has 0 atom stereocenters. The molecule has 0 N–H and O–H groups in total. The lowest BCUT2D eigenvalue weighted by molar-refractivity contribution is -0.352. The SMILES string of the molecule is CCCCCC1COC(C(F)(F)Oc2ccc(C(F)(F)Oc3ccc(-c4ccc(-c5cc(F)c(F)c(F)c5)c(F)c4)c(F)c3)c(F)c2)OC1. The van der Waals surface area contributed by atoms with Crippen molar-refractivity contribution in [3.05, 3.63) is 107 Å². The van der Waals surface area contributed by atoms with E-state index in [0.29, 0.717) is 36.4 Å². The van der Waals surface area contributed by atoms with Crippen LogP contribution in [0.1, 0.15) is 38.2 Å². The number of hydrogen-bond donors (Lipinski definition) is 0. The third kappa shape index (κ3) is 8.30. The minimum Gasteiger partial charge on any atom is -0.429 e. The third-order valence-corrected chi connectivity index (χ3v) is 7.73. The summed E-state index contributed by atoms with van der Waals surface area (Å²) in [6, 6.07) is 7.98. The Balaban J connectivity index is 1.25. The molecule has 0 aromatic heterocycles. The van der Waals surface area contributed by atoms with Crippen LogP contribution in [0.25, 0.3) is 22.3 Å². The predicted octanol–water partition coefficient (Wildman–Crippen LogP) is 10.5. The molecule has 0 unspecified atom stereocenters. The Morgan fingerprint density at radius 3 is 1.80 bits per heavy atom. The highest BCUT2D eigenvalue weighted by molar-refractivity contribution is 5.72. The topological polar surface area (TPSA) is 36.9 Å². The Bertz CT molecular complexity index is 1770. The number of rotatable bonds is 12. The molecule has 0 bridgehead atoms. The lowest BCUT2D eigenvalue weighted by Crippen LogP contribution is -2.47. The van der Waals surface area contributed by atoms with E-state index in [1.165, 1.54) is 6.07 Å². The van der Waals surface area contributed by atoms with Gasteiger partial charge in [-0.15, -0.1) is 0 Å². The molecule has 4 aromatic rings. The van der Waals surface area contributed by atoms with Crippen LogP contribution in [0.3, 0.4) is 0 Å². The molecule has 0 amide bonds. The molecule has 4 aromatic carbocycles. The number of benzene rings is 4. The lowest BCUT2D eigenvalue weighted by atomic mass is 9.99. The van der Waals surface area contributed by atoms with Crippen LogP contribution in [-0.4, -0.2) is 25.6 Å². The maximum atomic E-state index is 15.0. The molecule has 1 aliphatic rings. The Hall–Kier alpha value is -4.30. The molecule has 5 rings (SSSR count). The highest BCUT2D eigenvalue weighted by Crippen LogP contribution is 2.38. The van der Waals surface area contributed by atoms with Crippen molar-refractivity contribution in [1.82, 2.24) is 0 Å². The van der Waals surface area contributed by atoms with E-state index in [-0.39, 0.29) is 41.4 Å². The van der Waals surface area contributed by atoms with E-state index in [2.05, 4.69) is 9.47 Å². The molecule has 1 heterocycles. The molecule has 0 spiro atoms. The minimum atomic E-state index is -4.42. The first-order valence-electron chi connectivity index (χ1n) is 15.1. The van der Waals surface area contributed by atoms with Crippen LogP contribution in [0.15, 0.2) is 66.7 Å². The maximum Gasteiger partial charge on any atom is 0.451 e. The summed E-state index contributed by atoms with van der Waals surface area (Å²) >= 11 is 0. The van der Waals surface area contributed by atoms with Gasteiger partial charge in [0.2, 0.25) is 0 Å². The van der Waals surface area contributed by atoms with Crippen molar-refractivity contribution in [3.8, 4) is 33.8 Å². The van der Waals surface area contributed by atoms with E-state index in [4.69, 9.17) is 9.47 Å². The molecule has 49 heavy (non-hydrogen) atoms. The van der Waals surface area contributed by atoms with Crippen molar-refractivity contribution in [2.75, 3.05) is 13.2 Å². The number of unbranched alkanes of at least 4 members (excludes halogenated alkanes) is 2. The van der Waals surface area contributed by atoms with Gasteiger partial charge in [0.05, 0.1) is 13.2 Å². The first kappa shape index (κ1) is 36.0. The fourth-order valence-electron chi connectivity index (χ4n) is 5.21. The second kappa shape index (κ2) is 14.7. The van der Waals surface area contributed by atoms with E-state index in [1.807, 2.05) is 6.92 Å². The lowest BCUT2D eigenvalue weighted by Gasteiger charge is -2.33. The molecule has 4 nitrogen and oxygen atoms in total. The summed E-state index contributed by atoms with van der Waals surface area (Å²) in [6.45, 7) is 2.02. The van der Waals surface area contributed by atoms with E-state index in [9.17, 15) is 43.9 Å². The zero-order valence-corrected chi connectivity index (χ0v) is 25.7. The second-order valence-electron chi connectivity index (χ2n) is 11.4. The number of halogens is 10. The van der Waals surface area contributed by atoms with E-state index >= 15 is 0 Å². The van der Waals surface area contributed by atoms with Gasteiger partial charge < -0.3 is 18.9 Å². The second-order valence-corrected chi connectivity index (χ2v) is 11.4. The summed E-state index contributed by atoms with van der Waals surface area (Å²) in [5, 5.41) is 0. The van der Waals surface area contributed by atoms with Gasteiger partial charge in [-0.05, 0) is 60.0 Å². The van der Waals surface area contributed by atoms with Crippen LogP contribution in [0, 0.1) is 40.8 Å². The quantitative estimate of drug-likeness (QED) is 0.0837. The molecule has 1 fully saturated rings. The Labute approximate surface area is 274 Å². The normalized spacial score (nSPS) is 16.9. The molecular weight excluding hydrogens is 674 g/mol. The zero-order valence-electron chi connectivity index (χ0n) is 25.7. The van der Waals surface area contributed by atoms with Gasteiger partial charge in [0.25, 0.3) is 6.29 Å². The van der Waals surface area contributed by atoms with Crippen LogP contribution in [0.4, 0.5) is 43.9 Å². The van der Waals surface area contributed by atoms with Gasteiger partial charge in [0, 0.05) is 29.2 Å². The van der Waals surface area contributed by atoms with Crippen molar-refractivity contribution in [2.45, 2.75) is 51.1 Å². The van der Waals surface area contributed by atoms with E-state index < -0.39 is 70.5 Å². The fourth-order valence-corrected chi connectivity index (χ4v) is 5.21. The predicted molar refractivity (Wildman–Crippen MR) is 157 cm³/mol. The first-order chi connectivity index (χ1) is 23.2. The molecule has 0 saturated carbocycles. The van der Waals surface area contributed by atoms with Gasteiger partial charge in [-0.2, -0.15) is 17.6 Å². The molecule has 1 saturated heterocycles. The average molecular weight is 703 g/mol. The Morgan fingerprint density at radius 2 is 1.18 bits per heavy atom. The number of alkyl halides is 4. The number of ether oxygens (including phenoxy) is 4. The molecular formula is C35H28F10O4. The number of hydrogen-bond acceptors (Lipinski definition) is 4. The summed E-state index contributed by atoms with van der Waals surface area (Å²) in [4.78, 5) is 0. The van der Waals surface area contributed by atoms with Crippen LogP contribution in [0.5, 0.6) is 11.5 Å². The van der Waals surface area contributed by atoms with Gasteiger partial charge in [-0.1, -0.05) is 38.3 Å². The van der Waals surface area contributed by atoms with Crippen LogP contribution in [-0.2, 0) is 15.6 Å². The van der Waals surface area contributed by atoms with Crippen molar-refractivity contribution in [1.29, 1.82) is 0 Å². The van der Waals surface area contributed by atoms with Gasteiger partial charge in [-0.25, -0.2) is 26.3 Å². The summed E-state index contributed by atoms with van der Waals surface area (Å²) in [7, 11) is 0. The van der Waals surface area contributed by atoms with Crippen LogP contribution >= 0.6 is 0 Å². The summed E-state index contributed by atoms with van der Waals surface area (Å²) in [5.74, 6) is -10.4. The highest BCUT2D eigenvalue weighted by Gasteiger charge is 2.47. The minimum absolute atomic E-state index is 0.00291. The standard InChI is InChI=1S/C35H28F10O4/c1-2-3-4-5-19-17-46-33(47-18-19)35(44,45)49-23-8-11-26(29(38)16-23)34(42,43)48-22-7-10-24(28(37)15-22)20-6-9-25(27(36)12-20)21-13-30(39)32(41)31(40)14-21/h6-16,19,33H,2-5,17-18H2,1H3. The average Bonchev–Trinajstić information content (AvgIpc) is 3.03. The highest BCUT2D eigenvalue weighted by atomic mass is 19.3. The first-order valence-corrected chi connectivity index (χ1v) is 15.1. The van der Waals surface area contributed by atoms with E-state index in [0.717, 1.165) is 49.9 Å². The molecule has 262 valence electrons. The largest absolute Gasteiger partial charge is 0.451 e. The van der Waals surface area contributed by atoms with Crippen molar-refractivity contribution < 1.29 is 62.9 Å². The molecule has 0 aliphatic carbocycles. The van der Waals surface area contributed by atoms with Crippen LogP contribution < -0.4 is 9.47 Å². The van der Waals surface area contributed by atoms with Crippen LogP contribution in [0.2, 0.25) is 0 Å². The molecule has 0 radical (unpaired) electrons. The molecule has 14 heteroatoms. The third-order valence-electron chi connectivity index (χ3n) is 7.73. The summed E-state index contributed by atoms with van der Waals surface area (Å²) < 4.78 is 164. The smallest absolute Gasteiger partial charge is 0.429 e. The monoisotopic (exact) mass is 702 g/mol. The van der Waals surface area contributed by atoms with Gasteiger partial charge in [0.1, 0.15) is 34.5 Å². The summed E-state index contributed by atoms with van der Waals surface area (Å²) in [5.41, 5.74) is -2.42. The Morgan fingerprint density at radius 1 is 0.633 bits per heavy atom. The molecule has 1 aliphatic heterocycles. The zero-order chi connectivity index (χ0) is 35.5. The van der Waals surface area contributed by atoms with Gasteiger partial charge in [-0.3, -0.25) is 0 Å². The van der Waals surface area contributed by atoms with Crippen molar-refractivity contribution in [2.24, 2.45) is 5.92 Å². The fraction of sp³-hybridized carbons (Fsp3) is 0.314. The summed E-state index contributed by atoms with van der Waals surface area (Å²) in [6.07, 6.45) is -7.02. The van der Waals surface area contributed by atoms with Crippen molar-refractivity contribution >= 4 is 0 Å². The van der Waals surface area contributed by atoms with Gasteiger partial charge >= 0.3 is 12.2 Å². The van der Waals surface area contributed by atoms with Gasteiger partial charge in [0.15, 0.2) is 17.5 Å². The van der Waals surface area contributed by atoms with Crippen molar-refractivity contribution in [3.63, 3.8) is 0 Å². The Kier molecular flexibility index (Phi) is 10.8. The maximum absolute atomic E-state index is 15.0.